The molecule has 6 heteroatoms. The summed E-state index contributed by atoms with van der Waals surface area (Å²) in [7, 11) is 2.08. The third-order valence-corrected chi connectivity index (χ3v) is 6.59. The zero-order chi connectivity index (χ0) is 18.8. The van der Waals surface area contributed by atoms with E-state index in [0.29, 0.717) is 12.5 Å². The van der Waals surface area contributed by atoms with Crippen molar-refractivity contribution in [3.05, 3.63) is 23.4 Å². The third-order valence-electron chi connectivity index (χ3n) is 6.59. The van der Waals surface area contributed by atoms with Crippen LogP contribution in [-0.2, 0) is 17.8 Å². The molecule has 2 fully saturated rings. The molecule has 4 rings (SSSR count). The smallest absolute Gasteiger partial charge is 0.236 e. The van der Waals surface area contributed by atoms with Gasteiger partial charge in [0.25, 0.3) is 0 Å². The largest absolute Gasteiger partial charge is 0.360 e. The molecule has 1 amide bonds. The highest BCUT2D eigenvalue weighted by Crippen LogP contribution is 2.26. The van der Waals surface area contributed by atoms with Gasteiger partial charge in [-0.05, 0) is 31.4 Å². The zero-order valence-electron chi connectivity index (χ0n) is 16.9. The molecule has 1 aliphatic carbocycles. The Morgan fingerprint density at radius 2 is 1.96 bits per heavy atom. The average molecular weight is 372 g/mol. The Bertz CT molecular complexity index is 667. The lowest BCUT2D eigenvalue weighted by atomic mass is 9.91. The van der Waals surface area contributed by atoms with Crippen LogP contribution in [0.1, 0.15) is 37.4 Å². The fourth-order valence-electron chi connectivity index (χ4n) is 4.35. The second-order valence-electron chi connectivity index (χ2n) is 8.25. The van der Waals surface area contributed by atoms with E-state index >= 15 is 0 Å². The molecule has 2 aliphatic heterocycles. The number of anilines is 1. The number of nitrogens with zero attached hydrogens (tertiary/aromatic N) is 5. The molecule has 27 heavy (non-hydrogen) atoms. The molecule has 1 saturated heterocycles. The maximum Gasteiger partial charge on any atom is 0.236 e. The molecule has 0 aromatic carbocycles. The van der Waals surface area contributed by atoms with Crippen LogP contribution in [0.25, 0.3) is 0 Å². The standard InChI is InChI=1S/C21H33N5O/c1-3-23(2)20-8-7-17-15-24(10-9-19(17)22-20)16-21(27)26-13-11-25(12-14-26)18-5-4-6-18/h7-8,18H,3-6,9-16H2,1-2H3. The number of hydrogen-bond acceptors (Lipinski definition) is 5. The third kappa shape index (κ3) is 4.11. The van der Waals surface area contributed by atoms with Crippen LogP contribution >= 0.6 is 0 Å². The average Bonchev–Trinajstić information content (AvgIpc) is 2.66. The summed E-state index contributed by atoms with van der Waals surface area (Å²) >= 11 is 0. The minimum Gasteiger partial charge on any atom is -0.360 e. The second kappa shape index (κ2) is 8.15. The molecule has 148 valence electrons. The number of fused-ring (bicyclic) bond motifs is 1. The Morgan fingerprint density at radius 3 is 2.63 bits per heavy atom. The molecule has 1 aromatic heterocycles. The number of hydrogen-bond donors (Lipinski definition) is 0. The van der Waals surface area contributed by atoms with Crippen LogP contribution in [0.2, 0.25) is 0 Å². The van der Waals surface area contributed by atoms with Crippen molar-refractivity contribution >= 4 is 11.7 Å². The van der Waals surface area contributed by atoms with Gasteiger partial charge in [-0.25, -0.2) is 4.98 Å². The van der Waals surface area contributed by atoms with Gasteiger partial charge < -0.3 is 9.80 Å². The normalized spacial score (nSPS) is 21.6. The summed E-state index contributed by atoms with van der Waals surface area (Å²) in [4.78, 5) is 26.7. The van der Waals surface area contributed by atoms with Crippen LogP contribution in [0.15, 0.2) is 12.1 Å². The van der Waals surface area contributed by atoms with E-state index < -0.39 is 0 Å². The number of carbonyl (C=O) groups excluding carboxylic acids is 1. The van der Waals surface area contributed by atoms with Gasteiger partial charge in [0.15, 0.2) is 0 Å². The number of rotatable bonds is 5. The van der Waals surface area contributed by atoms with Crippen molar-refractivity contribution in [2.24, 2.45) is 0 Å². The van der Waals surface area contributed by atoms with Crippen LogP contribution in [-0.4, -0.2) is 84.5 Å². The number of pyridine rings is 1. The Kier molecular flexibility index (Phi) is 5.64. The predicted molar refractivity (Wildman–Crippen MR) is 108 cm³/mol. The van der Waals surface area contributed by atoms with Gasteiger partial charge in [-0.15, -0.1) is 0 Å². The van der Waals surface area contributed by atoms with E-state index in [1.807, 2.05) is 0 Å². The van der Waals surface area contributed by atoms with Gasteiger partial charge in [-0.1, -0.05) is 12.5 Å². The molecule has 0 N–H and O–H groups in total. The monoisotopic (exact) mass is 371 g/mol. The number of amides is 1. The van der Waals surface area contributed by atoms with Crippen LogP contribution in [0.3, 0.4) is 0 Å². The molecule has 6 nitrogen and oxygen atoms in total. The van der Waals surface area contributed by atoms with Crippen LogP contribution in [0.5, 0.6) is 0 Å². The molecule has 3 heterocycles. The SMILES string of the molecule is CCN(C)c1ccc2c(n1)CCN(CC(=O)N1CCN(C3CCC3)CC1)C2. The van der Waals surface area contributed by atoms with Crippen LogP contribution in [0.4, 0.5) is 5.82 Å². The highest BCUT2D eigenvalue weighted by atomic mass is 16.2. The molecule has 0 spiro atoms. The molecule has 3 aliphatic rings. The maximum atomic E-state index is 12.8. The van der Waals surface area contributed by atoms with Crippen LogP contribution < -0.4 is 4.90 Å². The number of carbonyl (C=O) groups is 1. The fraction of sp³-hybridized carbons (Fsp3) is 0.714. The van der Waals surface area contributed by atoms with E-state index in [1.54, 1.807) is 0 Å². The van der Waals surface area contributed by atoms with E-state index in [2.05, 4.69) is 45.7 Å². The van der Waals surface area contributed by atoms with Gasteiger partial charge in [0, 0.05) is 71.0 Å². The maximum absolute atomic E-state index is 12.8. The molecule has 0 unspecified atom stereocenters. The molecule has 0 bridgehead atoms. The lowest BCUT2D eigenvalue weighted by molar-refractivity contribution is -0.135. The number of aromatic nitrogens is 1. The van der Waals surface area contributed by atoms with Crippen LogP contribution in [0, 0.1) is 0 Å². The molecule has 1 saturated carbocycles. The van der Waals surface area contributed by atoms with E-state index in [0.717, 1.165) is 64.1 Å². The first-order valence-electron chi connectivity index (χ1n) is 10.6. The van der Waals surface area contributed by atoms with Gasteiger partial charge in [0.05, 0.1) is 6.54 Å². The Hall–Kier alpha value is -1.66. The van der Waals surface area contributed by atoms with Gasteiger partial charge in [0.1, 0.15) is 5.82 Å². The lowest BCUT2D eigenvalue weighted by Crippen LogP contribution is -2.55. The van der Waals surface area contributed by atoms with E-state index in [-0.39, 0.29) is 0 Å². The predicted octanol–water partition coefficient (Wildman–Crippen LogP) is 1.59. The Balaban J connectivity index is 1.29. The molecule has 0 atom stereocenters. The van der Waals surface area contributed by atoms with E-state index in [1.165, 1.54) is 30.5 Å². The van der Waals surface area contributed by atoms with Gasteiger partial charge in [-0.2, -0.15) is 0 Å². The summed E-state index contributed by atoms with van der Waals surface area (Å²) in [6.45, 7) is 9.30. The lowest BCUT2D eigenvalue weighted by Gasteiger charge is -2.43. The summed E-state index contributed by atoms with van der Waals surface area (Å²) in [5.74, 6) is 1.34. The first-order valence-corrected chi connectivity index (χ1v) is 10.6. The number of piperazine rings is 1. The summed E-state index contributed by atoms with van der Waals surface area (Å²) in [5, 5.41) is 0. The highest BCUT2D eigenvalue weighted by Gasteiger charge is 2.30. The quantitative estimate of drug-likeness (QED) is 0.786. The zero-order valence-corrected chi connectivity index (χ0v) is 16.9. The first-order chi connectivity index (χ1) is 13.1. The van der Waals surface area contributed by atoms with Crippen molar-refractivity contribution in [1.29, 1.82) is 0 Å². The van der Waals surface area contributed by atoms with Crippen molar-refractivity contribution < 1.29 is 4.79 Å². The molecular formula is C21H33N5O. The van der Waals surface area contributed by atoms with Crippen molar-refractivity contribution in [2.75, 3.05) is 57.8 Å². The summed E-state index contributed by atoms with van der Waals surface area (Å²) in [5.41, 5.74) is 2.47. The summed E-state index contributed by atoms with van der Waals surface area (Å²) in [6, 6.07) is 5.09. The molecule has 1 aromatic rings. The minimum atomic E-state index is 0.294. The Labute approximate surface area is 163 Å². The topological polar surface area (TPSA) is 42.9 Å². The highest BCUT2D eigenvalue weighted by molar-refractivity contribution is 5.78. The summed E-state index contributed by atoms with van der Waals surface area (Å²) < 4.78 is 0. The van der Waals surface area contributed by atoms with Crippen molar-refractivity contribution in [3.63, 3.8) is 0 Å². The minimum absolute atomic E-state index is 0.294. The van der Waals surface area contributed by atoms with Gasteiger partial charge in [0.2, 0.25) is 5.91 Å². The molecule has 0 radical (unpaired) electrons. The van der Waals surface area contributed by atoms with Crippen molar-refractivity contribution in [2.45, 2.75) is 45.2 Å². The summed E-state index contributed by atoms with van der Waals surface area (Å²) in [6.07, 6.45) is 5.02. The van der Waals surface area contributed by atoms with E-state index in [9.17, 15) is 4.79 Å². The van der Waals surface area contributed by atoms with E-state index in [4.69, 9.17) is 4.98 Å². The first kappa shape index (κ1) is 18.7. The van der Waals surface area contributed by atoms with Crippen molar-refractivity contribution in [3.8, 4) is 0 Å². The molecular weight excluding hydrogens is 338 g/mol. The van der Waals surface area contributed by atoms with Crippen molar-refractivity contribution in [1.82, 2.24) is 19.7 Å². The Morgan fingerprint density at radius 1 is 1.19 bits per heavy atom. The van der Waals surface area contributed by atoms with Gasteiger partial charge in [-0.3, -0.25) is 14.6 Å². The second-order valence-corrected chi connectivity index (χ2v) is 8.25. The van der Waals surface area contributed by atoms with Gasteiger partial charge >= 0.3 is 0 Å². The fourth-order valence-corrected chi connectivity index (χ4v) is 4.35.